The molecule has 0 aromatic rings. The number of azo groups is 1. The normalized spacial score (nSPS) is 11.2. The van der Waals surface area contributed by atoms with E-state index in [2.05, 4.69) is 24.1 Å². The standard InChI is InChI=1S/C11H22N2O4Si/c1-3-5-7-8-16-10(14)12-13-11(15)17-18-9-6-4-2/h3-9,18H2,1-2H3/b13-12+. The first-order valence-electron chi connectivity index (χ1n) is 6.46. The Kier molecular flexibility index (Phi) is 11.4. The highest BCUT2D eigenvalue weighted by Crippen LogP contribution is 1.97. The zero-order valence-electron chi connectivity index (χ0n) is 11.2. The fraction of sp³-hybridized carbons (Fsp3) is 0.818. The number of hydrogen-bond acceptors (Lipinski definition) is 4. The first-order valence-corrected chi connectivity index (χ1v) is 8.03. The summed E-state index contributed by atoms with van der Waals surface area (Å²) in [5.41, 5.74) is 0. The van der Waals surface area contributed by atoms with Gasteiger partial charge in [0, 0.05) is 0 Å². The van der Waals surface area contributed by atoms with Crippen LogP contribution in [0.1, 0.15) is 46.0 Å². The van der Waals surface area contributed by atoms with E-state index in [1.807, 2.05) is 0 Å². The Hall–Kier alpha value is -1.24. The second-order valence-corrected chi connectivity index (χ2v) is 5.25. The molecule has 0 bridgehead atoms. The second-order valence-electron chi connectivity index (χ2n) is 3.84. The third-order valence-electron chi connectivity index (χ3n) is 2.16. The molecule has 0 atom stereocenters. The maximum Gasteiger partial charge on any atom is 0.452 e. The molecule has 0 aromatic carbocycles. The van der Waals surface area contributed by atoms with Gasteiger partial charge in [-0.1, -0.05) is 49.8 Å². The molecule has 0 rings (SSSR count). The van der Waals surface area contributed by atoms with Gasteiger partial charge in [-0.3, -0.25) is 0 Å². The summed E-state index contributed by atoms with van der Waals surface area (Å²) in [4.78, 5) is 22.0. The third-order valence-corrected chi connectivity index (χ3v) is 3.40. The van der Waals surface area contributed by atoms with E-state index in [1.165, 1.54) is 0 Å². The molecule has 0 radical (unpaired) electrons. The van der Waals surface area contributed by atoms with E-state index in [1.54, 1.807) is 0 Å². The molecule has 2 amide bonds. The van der Waals surface area contributed by atoms with E-state index < -0.39 is 21.9 Å². The van der Waals surface area contributed by atoms with Crippen LogP contribution < -0.4 is 0 Å². The molecular weight excluding hydrogens is 252 g/mol. The van der Waals surface area contributed by atoms with Crippen LogP contribution in [0.15, 0.2) is 10.2 Å². The summed E-state index contributed by atoms with van der Waals surface area (Å²) < 4.78 is 9.61. The predicted molar refractivity (Wildman–Crippen MR) is 70.5 cm³/mol. The molecule has 6 nitrogen and oxygen atoms in total. The molecule has 0 aliphatic carbocycles. The van der Waals surface area contributed by atoms with Crippen LogP contribution in [0, 0.1) is 0 Å². The zero-order valence-corrected chi connectivity index (χ0v) is 12.6. The Bertz CT molecular complexity index is 246. The van der Waals surface area contributed by atoms with Crippen LogP contribution in [0.25, 0.3) is 0 Å². The lowest BCUT2D eigenvalue weighted by atomic mass is 10.3. The molecule has 0 aliphatic rings. The van der Waals surface area contributed by atoms with Crippen molar-refractivity contribution >= 4 is 21.9 Å². The molecule has 0 N–H and O–H groups in total. The second kappa shape index (κ2) is 12.2. The molecule has 0 fully saturated rings. The first-order chi connectivity index (χ1) is 8.70. The monoisotopic (exact) mass is 274 g/mol. The van der Waals surface area contributed by atoms with Gasteiger partial charge in [-0.05, 0) is 12.5 Å². The Morgan fingerprint density at radius 3 is 2.33 bits per heavy atom. The average molecular weight is 274 g/mol. The summed E-state index contributed by atoms with van der Waals surface area (Å²) >= 11 is 0. The average Bonchev–Trinajstić information content (AvgIpc) is 2.37. The van der Waals surface area contributed by atoms with Gasteiger partial charge in [0.25, 0.3) is 0 Å². The van der Waals surface area contributed by atoms with Gasteiger partial charge in [-0.2, -0.15) is 0 Å². The fourth-order valence-electron chi connectivity index (χ4n) is 1.16. The van der Waals surface area contributed by atoms with Crippen molar-refractivity contribution in [3.63, 3.8) is 0 Å². The Morgan fingerprint density at radius 1 is 1.00 bits per heavy atom. The largest absolute Gasteiger partial charge is 0.507 e. The molecule has 0 unspecified atom stereocenters. The van der Waals surface area contributed by atoms with E-state index in [0.29, 0.717) is 6.61 Å². The van der Waals surface area contributed by atoms with Gasteiger partial charge in [0.05, 0.1) is 6.61 Å². The van der Waals surface area contributed by atoms with E-state index in [0.717, 1.165) is 38.1 Å². The van der Waals surface area contributed by atoms with E-state index in [9.17, 15) is 9.59 Å². The summed E-state index contributed by atoms with van der Waals surface area (Å²) in [5, 5.41) is 6.28. The topological polar surface area (TPSA) is 77.3 Å². The highest BCUT2D eigenvalue weighted by atomic mass is 28.2. The van der Waals surface area contributed by atoms with Crippen molar-refractivity contribution < 1.29 is 18.8 Å². The molecule has 0 saturated carbocycles. The van der Waals surface area contributed by atoms with Crippen LogP contribution in [0.4, 0.5) is 9.59 Å². The minimum Gasteiger partial charge on any atom is -0.507 e. The van der Waals surface area contributed by atoms with Crippen molar-refractivity contribution in [1.29, 1.82) is 0 Å². The smallest absolute Gasteiger partial charge is 0.452 e. The lowest BCUT2D eigenvalue weighted by molar-refractivity contribution is 0.152. The van der Waals surface area contributed by atoms with Crippen molar-refractivity contribution in [1.82, 2.24) is 0 Å². The van der Waals surface area contributed by atoms with Gasteiger partial charge in [-0.25, -0.2) is 9.59 Å². The molecule has 7 heteroatoms. The van der Waals surface area contributed by atoms with Crippen molar-refractivity contribution in [2.45, 2.75) is 52.0 Å². The van der Waals surface area contributed by atoms with Crippen LogP contribution in [-0.2, 0) is 9.16 Å². The number of amides is 2. The highest BCUT2D eigenvalue weighted by molar-refractivity contribution is 6.30. The van der Waals surface area contributed by atoms with E-state index >= 15 is 0 Å². The molecule has 0 heterocycles. The van der Waals surface area contributed by atoms with Crippen LogP contribution >= 0.6 is 0 Å². The minimum absolute atomic E-state index is 0.311. The van der Waals surface area contributed by atoms with E-state index in [-0.39, 0.29) is 0 Å². The number of hydrogen-bond donors (Lipinski definition) is 0. The Labute approximate surface area is 110 Å². The van der Waals surface area contributed by atoms with Gasteiger partial charge < -0.3 is 9.16 Å². The molecule has 104 valence electrons. The molecule has 0 aromatic heterocycles. The number of carbonyl (C=O) groups excluding carboxylic acids is 2. The highest BCUT2D eigenvalue weighted by Gasteiger charge is 2.03. The SMILES string of the molecule is CCCCCOC(=O)/N=N/C(=O)O[SiH2]CCCC. The van der Waals surface area contributed by atoms with Crippen molar-refractivity contribution in [2.75, 3.05) is 6.61 Å². The number of carbonyl (C=O) groups is 2. The number of ether oxygens (including phenoxy) is 1. The summed E-state index contributed by atoms with van der Waals surface area (Å²) in [6, 6.07) is 0.930. The lowest BCUT2D eigenvalue weighted by Gasteiger charge is -1.99. The first kappa shape index (κ1) is 16.8. The maximum atomic E-state index is 11.0. The van der Waals surface area contributed by atoms with Crippen LogP contribution in [-0.4, -0.2) is 28.6 Å². The number of nitrogens with zero attached hydrogens (tertiary/aromatic N) is 2. The van der Waals surface area contributed by atoms with Gasteiger partial charge in [-0.15, -0.1) is 0 Å². The molecule has 0 spiro atoms. The fourth-order valence-corrected chi connectivity index (χ4v) is 2.24. The van der Waals surface area contributed by atoms with Crippen molar-refractivity contribution in [2.24, 2.45) is 10.2 Å². The Balaban J connectivity index is 3.58. The van der Waals surface area contributed by atoms with Crippen LogP contribution in [0.3, 0.4) is 0 Å². The summed E-state index contributed by atoms with van der Waals surface area (Å²) in [5.74, 6) is 0. The summed E-state index contributed by atoms with van der Waals surface area (Å²) in [6.45, 7) is 4.44. The summed E-state index contributed by atoms with van der Waals surface area (Å²) in [7, 11) is -0.870. The lowest BCUT2D eigenvalue weighted by Crippen LogP contribution is -2.05. The van der Waals surface area contributed by atoms with Gasteiger partial charge in [0.2, 0.25) is 9.76 Å². The third kappa shape index (κ3) is 11.2. The molecule has 0 saturated heterocycles. The van der Waals surface area contributed by atoms with Crippen molar-refractivity contribution in [3.05, 3.63) is 0 Å². The van der Waals surface area contributed by atoms with Gasteiger partial charge in [0.15, 0.2) is 0 Å². The quantitative estimate of drug-likeness (QED) is 0.387. The van der Waals surface area contributed by atoms with Crippen LogP contribution in [0.2, 0.25) is 6.04 Å². The van der Waals surface area contributed by atoms with E-state index in [4.69, 9.17) is 9.16 Å². The predicted octanol–water partition coefficient (Wildman–Crippen LogP) is 3.20. The molecular formula is C11H22N2O4Si. The van der Waals surface area contributed by atoms with Gasteiger partial charge in [0.1, 0.15) is 0 Å². The van der Waals surface area contributed by atoms with Crippen LogP contribution in [0.5, 0.6) is 0 Å². The zero-order chi connectivity index (χ0) is 13.6. The Morgan fingerprint density at radius 2 is 1.67 bits per heavy atom. The molecule has 18 heavy (non-hydrogen) atoms. The maximum absolute atomic E-state index is 11.0. The minimum atomic E-state index is -0.870. The summed E-state index contributed by atoms with van der Waals surface area (Å²) in [6.07, 6.45) is 3.35. The number of unbranched alkanes of at least 4 members (excludes halogenated alkanes) is 3. The van der Waals surface area contributed by atoms with Crippen molar-refractivity contribution in [3.8, 4) is 0 Å². The molecule has 0 aliphatic heterocycles. The number of rotatable bonds is 8. The van der Waals surface area contributed by atoms with Gasteiger partial charge >= 0.3 is 12.2 Å².